The van der Waals surface area contributed by atoms with Crippen molar-refractivity contribution in [3.63, 3.8) is 0 Å². The van der Waals surface area contributed by atoms with Gasteiger partial charge < -0.3 is 9.64 Å². The standard InChI is InChI=1S/C17H28N2O/c1-12(2)16-9-8-15(17(18-16)11-19(3)4)13-6-7-14(10-13)20-5/h8-9,12-14H,6-7,10-11H2,1-5H3/t13-,14-/m0/s1. The summed E-state index contributed by atoms with van der Waals surface area (Å²) in [7, 11) is 6.05. The van der Waals surface area contributed by atoms with Crippen molar-refractivity contribution in [1.29, 1.82) is 0 Å². The van der Waals surface area contributed by atoms with Crippen LogP contribution in [0.2, 0.25) is 0 Å². The highest BCUT2D eigenvalue weighted by atomic mass is 16.5. The summed E-state index contributed by atoms with van der Waals surface area (Å²) in [5, 5.41) is 0. The predicted octanol–water partition coefficient (Wildman–Crippen LogP) is 3.55. The average molecular weight is 276 g/mol. The molecule has 1 aromatic rings. The van der Waals surface area contributed by atoms with E-state index >= 15 is 0 Å². The predicted molar refractivity (Wildman–Crippen MR) is 83.1 cm³/mol. The Hall–Kier alpha value is -0.930. The van der Waals surface area contributed by atoms with Crippen molar-refractivity contribution >= 4 is 0 Å². The second-order valence-corrected chi connectivity index (χ2v) is 6.53. The molecule has 2 atom stereocenters. The van der Waals surface area contributed by atoms with E-state index in [1.54, 1.807) is 0 Å². The van der Waals surface area contributed by atoms with Crippen LogP contribution in [0.1, 0.15) is 61.9 Å². The minimum Gasteiger partial charge on any atom is -0.381 e. The van der Waals surface area contributed by atoms with Crippen molar-refractivity contribution in [3.8, 4) is 0 Å². The zero-order chi connectivity index (χ0) is 14.7. The summed E-state index contributed by atoms with van der Waals surface area (Å²) < 4.78 is 5.51. The second kappa shape index (κ2) is 6.68. The van der Waals surface area contributed by atoms with Crippen molar-refractivity contribution in [2.45, 2.75) is 57.6 Å². The Bertz CT molecular complexity index is 443. The highest BCUT2D eigenvalue weighted by Gasteiger charge is 2.28. The van der Waals surface area contributed by atoms with Gasteiger partial charge in [-0.3, -0.25) is 4.98 Å². The average Bonchev–Trinajstić information content (AvgIpc) is 2.86. The maximum atomic E-state index is 5.51. The van der Waals surface area contributed by atoms with Gasteiger partial charge in [0, 0.05) is 19.3 Å². The fourth-order valence-electron chi connectivity index (χ4n) is 3.09. The van der Waals surface area contributed by atoms with Crippen LogP contribution in [-0.4, -0.2) is 37.2 Å². The van der Waals surface area contributed by atoms with Gasteiger partial charge in [0.2, 0.25) is 0 Å². The minimum absolute atomic E-state index is 0.428. The van der Waals surface area contributed by atoms with Crippen molar-refractivity contribution in [2.24, 2.45) is 0 Å². The van der Waals surface area contributed by atoms with Gasteiger partial charge in [-0.15, -0.1) is 0 Å². The molecule has 0 amide bonds. The molecule has 1 aliphatic rings. The zero-order valence-corrected chi connectivity index (χ0v) is 13.5. The SMILES string of the molecule is CO[C@H]1CC[C@H](c2ccc(C(C)C)nc2CN(C)C)C1. The van der Waals surface area contributed by atoms with Crippen molar-refractivity contribution in [1.82, 2.24) is 9.88 Å². The molecule has 0 radical (unpaired) electrons. The molecule has 0 spiro atoms. The molecule has 2 rings (SSSR count). The van der Waals surface area contributed by atoms with E-state index < -0.39 is 0 Å². The fraction of sp³-hybridized carbons (Fsp3) is 0.706. The number of aromatic nitrogens is 1. The van der Waals surface area contributed by atoms with Gasteiger partial charge in [0.1, 0.15) is 0 Å². The minimum atomic E-state index is 0.428. The van der Waals surface area contributed by atoms with E-state index in [4.69, 9.17) is 9.72 Å². The third-order valence-electron chi connectivity index (χ3n) is 4.25. The third-order valence-corrected chi connectivity index (χ3v) is 4.25. The Kier molecular flexibility index (Phi) is 5.17. The van der Waals surface area contributed by atoms with E-state index in [0.717, 1.165) is 13.0 Å². The Morgan fingerprint density at radius 3 is 2.60 bits per heavy atom. The lowest BCUT2D eigenvalue weighted by atomic mass is 9.94. The van der Waals surface area contributed by atoms with E-state index in [9.17, 15) is 0 Å². The molecule has 1 fully saturated rings. The molecule has 112 valence electrons. The van der Waals surface area contributed by atoms with Crippen LogP contribution in [-0.2, 0) is 11.3 Å². The number of pyridine rings is 1. The molecule has 0 aromatic carbocycles. The topological polar surface area (TPSA) is 25.4 Å². The Balaban J connectivity index is 2.27. The summed E-state index contributed by atoms with van der Waals surface area (Å²) in [6.45, 7) is 5.33. The number of hydrogen-bond donors (Lipinski definition) is 0. The van der Waals surface area contributed by atoms with Crippen LogP contribution >= 0.6 is 0 Å². The summed E-state index contributed by atoms with van der Waals surface area (Å²) >= 11 is 0. The first-order valence-electron chi connectivity index (χ1n) is 7.68. The molecule has 3 nitrogen and oxygen atoms in total. The quantitative estimate of drug-likeness (QED) is 0.822. The van der Waals surface area contributed by atoms with Gasteiger partial charge >= 0.3 is 0 Å². The molecule has 1 saturated carbocycles. The molecule has 20 heavy (non-hydrogen) atoms. The Morgan fingerprint density at radius 1 is 1.30 bits per heavy atom. The normalized spacial score (nSPS) is 22.9. The van der Waals surface area contributed by atoms with Gasteiger partial charge in [0.05, 0.1) is 11.8 Å². The smallest absolute Gasteiger partial charge is 0.0581 e. The first kappa shape index (κ1) is 15.5. The molecule has 1 aromatic heterocycles. The maximum Gasteiger partial charge on any atom is 0.0581 e. The summed E-state index contributed by atoms with van der Waals surface area (Å²) in [6.07, 6.45) is 3.97. The number of methoxy groups -OCH3 is 1. The van der Waals surface area contributed by atoms with Crippen molar-refractivity contribution in [2.75, 3.05) is 21.2 Å². The Morgan fingerprint density at radius 2 is 2.05 bits per heavy atom. The van der Waals surface area contributed by atoms with Gasteiger partial charge in [-0.2, -0.15) is 0 Å². The van der Waals surface area contributed by atoms with Gasteiger partial charge in [-0.05, 0) is 56.8 Å². The molecule has 3 heteroatoms. The number of hydrogen-bond acceptors (Lipinski definition) is 3. The molecule has 0 aliphatic heterocycles. The van der Waals surface area contributed by atoms with Crippen LogP contribution in [0.4, 0.5) is 0 Å². The highest BCUT2D eigenvalue weighted by molar-refractivity contribution is 5.29. The molecular weight excluding hydrogens is 248 g/mol. The van der Waals surface area contributed by atoms with Crippen molar-refractivity contribution in [3.05, 3.63) is 29.1 Å². The van der Waals surface area contributed by atoms with Crippen LogP contribution in [0.5, 0.6) is 0 Å². The van der Waals surface area contributed by atoms with Crippen LogP contribution in [0, 0.1) is 0 Å². The summed E-state index contributed by atoms with van der Waals surface area (Å²) in [4.78, 5) is 7.13. The lowest BCUT2D eigenvalue weighted by Gasteiger charge is -2.19. The van der Waals surface area contributed by atoms with Crippen LogP contribution in [0.25, 0.3) is 0 Å². The zero-order valence-electron chi connectivity index (χ0n) is 13.5. The van der Waals surface area contributed by atoms with E-state index in [2.05, 4.69) is 45.0 Å². The largest absolute Gasteiger partial charge is 0.381 e. The molecule has 1 aliphatic carbocycles. The lowest BCUT2D eigenvalue weighted by molar-refractivity contribution is 0.108. The third kappa shape index (κ3) is 3.58. The summed E-state index contributed by atoms with van der Waals surface area (Å²) in [5.41, 5.74) is 3.89. The van der Waals surface area contributed by atoms with E-state index in [1.165, 1.54) is 29.8 Å². The van der Waals surface area contributed by atoms with E-state index in [1.807, 2.05) is 7.11 Å². The van der Waals surface area contributed by atoms with Crippen LogP contribution in [0.3, 0.4) is 0 Å². The molecule has 0 saturated heterocycles. The maximum absolute atomic E-state index is 5.51. The van der Waals surface area contributed by atoms with Gasteiger partial charge in [0.25, 0.3) is 0 Å². The van der Waals surface area contributed by atoms with E-state index in [0.29, 0.717) is 17.9 Å². The Labute approximate surface area is 123 Å². The van der Waals surface area contributed by atoms with Crippen LogP contribution < -0.4 is 0 Å². The molecule has 0 bridgehead atoms. The van der Waals surface area contributed by atoms with Crippen molar-refractivity contribution < 1.29 is 4.74 Å². The first-order chi connectivity index (χ1) is 9.51. The molecule has 0 N–H and O–H groups in total. The summed E-state index contributed by atoms with van der Waals surface area (Å²) in [6, 6.07) is 4.52. The van der Waals surface area contributed by atoms with E-state index in [-0.39, 0.29) is 0 Å². The number of ether oxygens (including phenoxy) is 1. The van der Waals surface area contributed by atoms with Gasteiger partial charge in [-0.25, -0.2) is 0 Å². The first-order valence-corrected chi connectivity index (χ1v) is 7.68. The number of nitrogens with zero attached hydrogens (tertiary/aromatic N) is 2. The second-order valence-electron chi connectivity index (χ2n) is 6.53. The van der Waals surface area contributed by atoms with Gasteiger partial charge in [0.15, 0.2) is 0 Å². The lowest BCUT2D eigenvalue weighted by Crippen LogP contribution is -2.16. The van der Waals surface area contributed by atoms with Gasteiger partial charge in [-0.1, -0.05) is 19.9 Å². The monoisotopic (exact) mass is 276 g/mol. The molecule has 0 unspecified atom stereocenters. The summed E-state index contributed by atoms with van der Waals surface area (Å²) in [5.74, 6) is 1.10. The number of rotatable bonds is 5. The highest BCUT2D eigenvalue weighted by Crippen LogP contribution is 2.37. The molecular formula is C17H28N2O. The molecule has 1 heterocycles. The fourth-order valence-corrected chi connectivity index (χ4v) is 3.09. The van der Waals surface area contributed by atoms with Crippen LogP contribution in [0.15, 0.2) is 12.1 Å².